The van der Waals surface area contributed by atoms with E-state index in [4.69, 9.17) is 0 Å². The van der Waals surface area contributed by atoms with Gasteiger partial charge in [-0.05, 0) is 56.2 Å². The van der Waals surface area contributed by atoms with Crippen molar-refractivity contribution in [3.63, 3.8) is 0 Å². The maximum atomic E-state index is 12.5. The summed E-state index contributed by atoms with van der Waals surface area (Å²) in [7, 11) is 0. The zero-order valence-corrected chi connectivity index (χ0v) is 14.5. The number of benzene rings is 2. The maximum Gasteiger partial charge on any atom is 0.274 e. The number of nitrogens with one attached hydrogen (secondary N) is 2. The Kier molecular flexibility index (Phi) is 4.75. The quantitative estimate of drug-likeness (QED) is 0.743. The molecule has 2 N–H and O–H groups in total. The average molecular weight is 332 g/mol. The molecule has 0 saturated carbocycles. The number of hydrogen-bond donors (Lipinski definition) is 2. The molecule has 25 heavy (non-hydrogen) atoms. The van der Waals surface area contributed by atoms with Gasteiger partial charge in [-0.25, -0.2) is 9.97 Å². The van der Waals surface area contributed by atoms with Crippen LogP contribution in [0.5, 0.6) is 0 Å². The summed E-state index contributed by atoms with van der Waals surface area (Å²) in [5.41, 5.74) is 4.29. The summed E-state index contributed by atoms with van der Waals surface area (Å²) in [6.45, 7) is 5.82. The Labute approximate surface area is 147 Å². The molecule has 1 heterocycles. The number of hydrogen-bond acceptors (Lipinski definition) is 4. The third kappa shape index (κ3) is 4.20. The number of aromatic nitrogens is 2. The lowest BCUT2D eigenvalue weighted by Crippen LogP contribution is -2.15. The lowest BCUT2D eigenvalue weighted by atomic mass is 10.1. The molecule has 0 aliphatic heterocycles. The predicted octanol–water partition coefficient (Wildman–Crippen LogP) is 4.40. The SMILES string of the molecule is Cc1nc(Nc2ccccc2)cc(C(=O)Nc2ccc(C)c(C)c2)n1. The highest BCUT2D eigenvalue weighted by Gasteiger charge is 2.11. The van der Waals surface area contributed by atoms with Gasteiger partial charge in [0.05, 0.1) is 0 Å². The van der Waals surface area contributed by atoms with E-state index in [1.807, 2.05) is 62.4 Å². The maximum absolute atomic E-state index is 12.5. The van der Waals surface area contributed by atoms with Crippen LogP contribution in [0.25, 0.3) is 0 Å². The molecule has 3 aromatic rings. The molecule has 0 aliphatic carbocycles. The summed E-state index contributed by atoms with van der Waals surface area (Å²) in [5, 5.41) is 6.08. The number of para-hydroxylation sites is 1. The summed E-state index contributed by atoms with van der Waals surface area (Å²) in [6.07, 6.45) is 0. The number of nitrogens with zero attached hydrogens (tertiary/aromatic N) is 2. The van der Waals surface area contributed by atoms with Gasteiger partial charge in [0.1, 0.15) is 17.3 Å². The fraction of sp³-hybridized carbons (Fsp3) is 0.150. The highest BCUT2D eigenvalue weighted by Crippen LogP contribution is 2.17. The van der Waals surface area contributed by atoms with E-state index in [0.29, 0.717) is 17.3 Å². The van der Waals surface area contributed by atoms with Gasteiger partial charge < -0.3 is 10.6 Å². The van der Waals surface area contributed by atoms with Crippen molar-refractivity contribution in [2.75, 3.05) is 10.6 Å². The highest BCUT2D eigenvalue weighted by molar-refractivity contribution is 6.03. The summed E-state index contributed by atoms with van der Waals surface area (Å²) < 4.78 is 0. The zero-order valence-electron chi connectivity index (χ0n) is 14.5. The van der Waals surface area contributed by atoms with Crippen LogP contribution in [-0.4, -0.2) is 15.9 Å². The van der Waals surface area contributed by atoms with E-state index >= 15 is 0 Å². The Morgan fingerprint density at radius 3 is 2.32 bits per heavy atom. The molecule has 0 aliphatic rings. The van der Waals surface area contributed by atoms with Crippen molar-refractivity contribution in [1.29, 1.82) is 0 Å². The molecule has 0 spiro atoms. The molecule has 3 rings (SSSR count). The molecule has 0 unspecified atom stereocenters. The second-order valence-corrected chi connectivity index (χ2v) is 5.93. The van der Waals surface area contributed by atoms with Gasteiger partial charge in [-0.2, -0.15) is 0 Å². The van der Waals surface area contributed by atoms with E-state index in [2.05, 4.69) is 20.6 Å². The topological polar surface area (TPSA) is 66.9 Å². The second-order valence-electron chi connectivity index (χ2n) is 5.93. The zero-order chi connectivity index (χ0) is 17.8. The largest absolute Gasteiger partial charge is 0.340 e. The fourth-order valence-electron chi connectivity index (χ4n) is 2.43. The molecule has 0 atom stereocenters. The molecular formula is C20H20N4O. The van der Waals surface area contributed by atoms with E-state index in [0.717, 1.165) is 16.9 Å². The average Bonchev–Trinajstić information content (AvgIpc) is 2.58. The number of rotatable bonds is 4. The van der Waals surface area contributed by atoms with Crippen molar-refractivity contribution in [3.05, 3.63) is 77.2 Å². The van der Waals surface area contributed by atoms with Crippen LogP contribution < -0.4 is 10.6 Å². The first-order chi connectivity index (χ1) is 12.0. The minimum absolute atomic E-state index is 0.259. The first-order valence-corrected chi connectivity index (χ1v) is 8.07. The van der Waals surface area contributed by atoms with Gasteiger partial charge >= 0.3 is 0 Å². The Hall–Kier alpha value is -3.21. The van der Waals surface area contributed by atoms with E-state index in [-0.39, 0.29) is 5.91 Å². The van der Waals surface area contributed by atoms with Crippen LogP contribution in [0.4, 0.5) is 17.2 Å². The summed E-state index contributed by atoms with van der Waals surface area (Å²) in [5.74, 6) is 0.861. The smallest absolute Gasteiger partial charge is 0.274 e. The summed E-state index contributed by atoms with van der Waals surface area (Å²) >= 11 is 0. The van der Waals surface area contributed by atoms with Gasteiger partial charge in [-0.1, -0.05) is 24.3 Å². The van der Waals surface area contributed by atoms with E-state index < -0.39 is 0 Å². The summed E-state index contributed by atoms with van der Waals surface area (Å²) in [6, 6.07) is 17.2. The third-order valence-corrected chi connectivity index (χ3v) is 3.88. The van der Waals surface area contributed by atoms with Crippen LogP contribution in [0.1, 0.15) is 27.4 Å². The molecule has 1 aromatic heterocycles. The minimum Gasteiger partial charge on any atom is -0.340 e. The van der Waals surface area contributed by atoms with E-state index in [1.54, 1.807) is 13.0 Å². The third-order valence-electron chi connectivity index (χ3n) is 3.88. The van der Waals surface area contributed by atoms with Gasteiger partial charge in [0.2, 0.25) is 0 Å². The Balaban J connectivity index is 1.81. The van der Waals surface area contributed by atoms with Crippen LogP contribution in [0, 0.1) is 20.8 Å². The van der Waals surface area contributed by atoms with Crippen LogP contribution >= 0.6 is 0 Å². The Bertz CT molecular complexity index is 907. The minimum atomic E-state index is -0.259. The highest BCUT2D eigenvalue weighted by atomic mass is 16.1. The number of anilines is 3. The number of carbonyl (C=O) groups excluding carboxylic acids is 1. The molecule has 0 saturated heterocycles. The lowest BCUT2D eigenvalue weighted by Gasteiger charge is -2.10. The van der Waals surface area contributed by atoms with Gasteiger partial charge in [0, 0.05) is 17.4 Å². The van der Waals surface area contributed by atoms with Crippen LogP contribution in [-0.2, 0) is 0 Å². The van der Waals surface area contributed by atoms with E-state index in [9.17, 15) is 4.79 Å². The molecule has 126 valence electrons. The number of carbonyl (C=O) groups is 1. The lowest BCUT2D eigenvalue weighted by molar-refractivity contribution is 0.102. The van der Waals surface area contributed by atoms with Crippen LogP contribution in [0.3, 0.4) is 0 Å². The van der Waals surface area contributed by atoms with Gasteiger partial charge in [-0.15, -0.1) is 0 Å². The molecule has 5 nitrogen and oxygen atoms in total. The summed E-state index contributed by atoms with van der Waals surface area (Å²) in [4.78, 5) is 21.1. The number of amides is 1. The van der Waals surface area contributed by atoms with Crippen molar-refractivity contribution in [3.8, 4) is 0 Å². The van der Waals surface area contributed by atoms with E-state index in [1.165, 1.54) is 5.56 Å². The van der Waals surface area contributed by atoms with Crippen molar-refractivity contribution >= 4 is 23.1 Å². The van der Waals surface area contributed by atoms with Crippen LogP contribution in [0.15, 0.2) is 54.6 Å². The molecule has 0 radical (unpaired) electrons. The van der Waals surface area contributed by atoms with Crippen LogP contribution in [0.2, 0.25) is 0 Å². The van der Waals surface area contributed by atoms with Gasteiger partial charge in [0.15, 0.2) is 0 Å². The fourth-order valence-corrected chi connectivity index (χ4v) is 2.43. The molecule has 1 amide bonds. The van der Waals surface area contributed by atoms with Gasteiger partial charge in [-0.3, -0.25) is 4.79 Å². The van der Waals surface area contributed by atoms with Crippen molar-refractivity contribution in [2.45, 2.75) is 20.8 Å². The van der Waals surface area contributed by atoms with Crippen molar-refractivity contribution < 1.29 is 4.79 Å². The number of aryl methyl sites for hydroxylation is 3. The first-order valence-electron chi connectivity index (χ1n) is 8.07. The molecule has 0 bridgehead atoms. The van der Waals surface area contributed by atoms with Crippen molar-refractivity contribution in [2.24, 2.45) is 0 Å². The standard InChI is InChI=1S/C20H20N4O/c1-13-9-10-17(11-14(13)2)24-20(25)18-12-19(22-15(3)21-18)23-16-7-5-4-6-8-16/h4-12H,1-3H3,(H,24,25)(H,21,22,23). The van der Waals surface area contributed by atoms with Gasteiger partial charge in [0.25, 0.3) is 5.91 Å². The predicted molar refractivity (Wildman–Crippen MR) is 100 cm³/mol. The molecule has 2 aromatic carbocycles. The Morgan fingerprint density at radius 2 is 1.60 bits per heavy atom. The Morgan fingerprint density at radius 1 is 0.840 bits per heavy atom. The molecule has 0 fully saturated rings. The first kappa shape index (κ1) is 16.6. The molecule has 5 heteroatoms. The molecular weight excluding hydrogens is 312 g/mol. The monoisotopic (exact) mass is 332 g/mol. The second kappa shape index (κ2) is 7.13. The normalized spacial score (nSPS) is 10.4. The van der Waals surface area contributed by atoms with Crippen molar-refractivity contribution in [1.82, 2.24) is 9.97 Å².